The number of hydrogen-bond donors (Lipinski definition) is 8. The molecule has 0 aromatic carbocycles. The minimum absolute atomic E-state index is 0.487. The van der Waals surface area contributed by atoms with Crippen LogP contribution in [-0.2, 0) is 28.6 Å². The van der Waals surface area contributed by atoms with Crippen LogP contribution in [0.3, 0.4) is 0 Å². The van der Waals surface area contributed by atoms with Gasteiger partial charge in [-0.05, 0) is 6.54 Å². The smallest absolute Gasteiger partial charge is 0.335 e. The van der Waals surface area contributed by atoms with E-state index in [1.54, 1.807) is 4.90 Å². The highest BCUT2D eigenvalue weighted by Crippen LogP contribution is 2.25. The fourth-order valence-corrected chi connectivity index (χ4v) is 4.29. The largest absolute Gasteiger partial charge is 0.479 e. The Morgan fingerprint density at radius 3 is 2.00 bits per heavy atom. The maximum absolute atomic E-state index is 12.6. The zero-order chi connectivity index (χ0) is 26.7. The average Bonchev–Trinajstić information content (AvgIpc) is 2.86. The third kappa shape index (κ3) is 6.10. The summed E-state index contributed by atoms with van der Waals surface area (Å²) in [4.78, 5) is 39.8. The molecule has 0 spiro atoms. The monoisotopic (exact) mass is 523 g/mol. The summed E-state index contributed by atoms with van der Waals surface area (Å²) >= 11 is 0. The van der Waals surface area contributed by atoms with Crippen molar-refractivity contribution >= 4 is 17.8 Å². The number of aliphatic hydroxyl groups is 6. The van der Waals surface area contributed by atoms with Gasteiger partial charge in [-0.15, -0.1) is 0 Å². The van der Waals surface area contributed by atoms with E-state index in [4.69, 9.17) is 19.3 Å². The Labute approximate surface area is 205 Å². The van der Waals surface area contributed by atoms with Crippen LogP contribution in [0.25, 0.3) is 0 Å². The lowest BCUT2D eigenvalue weighted by Crippen LogP contribution is -2.67. The van der Waals surface area contributed by atoms with Crippen LogP contribution in [0.1, 0.15) is 6.92 Å². The lowest BCUT2D eigenvalue weighted by molar-refractivity contribution is -0.286. The molecule has 3 aliphatic heterocycles. The van der Waals surface area contributed by atoms with Gasteiger partial charge in [0.25, 0.3) is 5.91 Å². The van der Waals surface area contributed by atoms with E-state index in [1.165, 1.54) is 0 Å². The van der Waals surface area contributed by atoms with Crippen LogP contribution in [0.2, 0.25) is 0 Å². The van der Waals surface area contributed by atoms with Gasteiger partial charge < -0.3 is 60.2 Å². The van der Waals surface area contributed by atoms with E-state index in [0.717, 1.165) is 6.54 Å². The standard InChI is InChI=1S/C20H33N3O13/c1-2-22-3-5-23(6-4-22)18-13(29)9(25)11(27)15(35-18)17(31)21-7-8(24)34-20-14(30)10(26)12(28)16(36-20)19(32)33/h9-16,18,20,25-30H,2-7H2,1H3,(H,21,31)(H,32,33). The Balaban J connectivity index is 1.56. The third-order valence-electron chi connectivity index (χ3n) is 6.53. The number of carboxylic acid groups (broad SMARTS) is 1. The molecule has 3 fully saturated rings. The Morgan fingerprint density at radius 1 is 0.833 bits per heavy atom. The number of carboxylic acids is 1. The second-order valence-corrected chi connectivity index (χ2v) is 8.83. The number of aliphatic carboxylic acids is 1. The molecule has 3 aliphatic rings. The van der Waals surface area contributed by atoms with E-state index >= 15 is 0 Å². The van der Waals surface area contributed by atoms with Gasteiger partial charge >= 0.3 is 11.9 Å². The van der Waals surface area contributed by atoms with Crippen molar-refractivity contribution in [1.29, 1.82) is 0 Å². The van der Waals surface area contributed by atoms with Crippen molar-refractivity contribution in [3.8, 4) is 0 Å². The van der Waals surface area contributed by atoms with E-state index in [0.29, 0.717) is 26.2 Å². The van der Waals surface area contributed by atoms with Crippen LogP contribution in [-0.4, -0.2) is 164 Å². The topological polar surface area (TPSA) is 239 Å². The Bertz CT molecular complexity index is 795. The number of nitrogens with zero attached hydrogens (tertiary/aromatic N) is 2. The molecule has 0 saturated carbocycles. The molecule has 0 radical (unpaired) electrons. The van der Waals surface area contributed by atoms with Gasteiger partial charge in [-0.25, -0.2) is 4.79 Å². The summed E-state index contributed by atoms with van der Waals surface area (Å²) in [5.74, 6) is -3.89. The van der Waals surface area contributed by atoms with E-state index in [9.17, 15) is 45.0 Å². The zero-order valence-corrected chi connectivity index (χ0v) is 19.5. The number of ether oxygens (including phenoxy) is 3. The molecule has 1 amide bonds. The van der Waals surface area contributed by atoms with Gasteiger partial charge in [0.2, 0.25) is 6.29 Å². The minimum Gasteiger partial charge on any atom is -0.479 e. The fraction of sp³-hybridized carbons (Fsp3) is 0.850. The molecule has 16 heteroatoms. The van der Waals surface area contributed by atoms with Crippen molar-refractivity contribution in [2.75, 3.05) is 39.3 Å². The van der Waals surface area contributed by atoms with Gasteiger partial charge in [0.1, 0.15) is 49.4 Å². The molecule has 10 atom stereocenters. The van der Waals surface area contributed by atoms with Crippen molar-refractivity contribution in [2.45, 2.75) is 68.3 Å². The van der Waals surface area contributed by atoms with Crippen LogP contribution >= 0.6 is 0 Å². The Hall–Kier alpha value is -1.99. The predicted molar refractivity (Wildman–Crippen MR) is 114 cm³/mol. The van der Waals surface area contributed by atoms with Crippen molar-refractivity contribution in [2.24, 2.45) is 0 Å². The first kappa shape index (κ1) is 28.6. The van der Waals surface area contributed by atoms with Crippen LogP contribution in [0.4, 0.5) is 0 Å². The lowest BCUT2D eigenvalue weighted by atomic mass is 9.96. The first-order valence-corrected chi connectivity index (χ1v) is 11.5. The molecule has 0 aromatic heterocycles. The highest BCUT2D eigenvalue weighted by Gasteiger charge is 2.50. The summed E-state index contributed by atoms with van der Waals surface area (Å²) in [6, 6.07) is 0. The van der Waals surface area contributed by atoms with Crippen LogP contribution in [0, 0.1) is 0 Å². The molecule has 16 nitrogen and oxygen atoms in total. The number of nitrogens with one attached hydrogen (secondary N) is 1. The normalized spacial score (nSPS) is 40.4. The molecule has 36 heavy (non-hydrogen) atoms. The maximum Gasteiger partial charge on any atom is 0.335 e. The molecule has 0 aliphatic carbocycles. The van der Waals surface area contributed by atoms with Crippen molar-refractivity contribution in [1.82, 2.24) is 15.1 Å². The molecule has 3 rings (SSSR count). The van der Waals surface area contributed by atoms with E-state index < -0.39 is 85.7 Å². The Morgan fingerprint density at radius 2 is 1.42 bits per heavy atom. The van der Waals surface area contributed by atoms with Gasteiger partial charge in [-0.1, -0.05) is 6.92 Å². The molecule has 206 valence electrons. The molecule has 0 aromatic rings. The zero-order valence-electron chi connectivity index (χ0n) is 19.5. The fourth-order valence-electron chi connectivity index (χ4n) is 4.29. The number of hydrogen-bond acceptors (Lipinski definition) is 14. The van der Waals surface area contributed by atoms with Gasteiger partial charge in [0.15, 0.2) is 12.2 Å². The molecular formula is C20H33N3O13. The van der Waals surface area contributed by atoms with Gasteiger partial charge in [-0.2, -0.15) is 0 Å². The number of aliphatic hydroxyl groups excluding tert-OH is 6. The second-order valence-electron chi connectivity index (χ2n) is 8.83. The summed E-state index contributed by atoms with van der Waals surface area (Å²) in [5.41, 5.74) is 0. The number of carbonyl (C=O) groups is 3. The molecule has 8 N–H and O–H groups in total. The number of esters is 1. The number of amides is 1. The number of carbonyl (C=O) groups excluding carboxylic acids is 2. The minimum atomic E-state index is -1.98. The maximum atomic E-state index is 12.6. The van der Waals surface area contributed by atoms with Crippen LogP contribution in [0.15, 0.2) is 0 Å². The number of rotatable bonds is 7. The van der Waals surface area contributed by atoms with Crippen molar-refractivity contribution in [3.05, 3.63) is 0 Å². The summed E-state index contributed by atoms with van der Waals surface area (Å²) in [6.07, 6.45) is -17.6. The SMILES string of the molecule is CCN1CCN(C2OC(C(=O)NCC(=O)OC3OC(C(=O)O)C(O)C(O)C3O)C(O)C(O)C2O)CC1. The van der Waals surface area contributed by atoms with E-state index in [1.807, 2.05) is 6.92 Å². The summed E-state index contributed by atoms with van der Waals surface area (Å²) in [7, 11) is 0. The summed E-state index contributed by atoms with van der Waals surface area (Å²) in [6.45, 7) is 4.32. The summed E-state index contributed by atoms with van der Waals surface area (Å²) < 4.78 is 15.2. The average molecular weight is 523 g/mol. The number of likely N-dealkylation sites (N-methyl/N-ethyl adjacent to an activating group) is 1. The molecule has 10 unspecified atom stereocenters. The third-order valence-corrected chi connectivity index (χ3v) is 6.53. The van der Waals surface area contributed by atoms with E-state index in [-0.39, 0.29) is 0 Å². The number of piperazine rings is 1. The van der Waals surface area contributed by atoms with Crippen molar-refractivity contribution < 1.29 is 64.3 Å². The predicted octanol–water partition coefficient (Wildman–Crippen LogP) is -6.02. The first-order chi connectivity index (χ1) is 17.0. The Kier molecular flexibility index (Phi) is 9.56. The molecule has 3 saturated heterocycles. The lowest BCUT2D eigenvalue weighted by Gasteiger charge is -2.46. The second kappa shape index (κ2) is 12.0. The molecular weight excluding hydrogens is 490 g/mol. The van der Waals surface area contributed by atoms with Crippen LogP contribution < -0.4 is 5.32 Å². The first-order valence-electron chi connectivity index (χ1n) is 11.5. The van der Waals surface area contributed by atoms with Gasteiger partial charge in [0.05, 0.1) is 0 Å². The van der Waals surface area contributed by atoms with Gasteiger partial charge in [0, 0.05) is 26.2 Å². The summed E-state index contributed by atoms with van der Waals surface area (Å²) in [5, 5.41) is 71.5. The molecule has 0 bridgehead atoms. The highest BCUT2D eigenvalue weighted by atomic mass is 16.7. The van der Waals surface area contributed by atoms with Crippen LogP contribution in [0.5, 0.6) is 0 Å². The highest BCUT2D eigenvalue weighted by molar-refractivity contribution is 5.85. The molecule has 3 heterocycles. The van der Waals surface area contributed by atoms with Gasteiger partial charge in [-0.3, -0.25) is 14.5 Å². The quantitative estimate of drug-likeness (QED) is 0.145. The van der Waals surface area contributed by atoms with E-state index in [2.05, 4.69) is 10.2 Å². The van der Waals surface area contributed by atoms with Crippen molar-refractivity contribution in [3.63, 3.8) is 0 Å².